The molecule has 0 aromatic heterocycles. The summed E-state index contributed by atoms with van der Waals surface area (Å²) in [6.07, 6.45) is 7.47. The van der Waals surface area contributed by atoms with Gasteiger partial charge >= 0.3 is 0 Å². The number of rotatable bonds is 0. The second kappa shape index (κ2) is 4.50. The van der Waals surface area contributed by atoms with Gasteiger partial charge in [-0.25, -0.2) is 0 Å². The molecule has 1 aliphatic heterocycles. The minimum atomic E-state index is 0.152. The third kappa shape index (κ3) is 2.17. The molecule has 0 bridgehead atoms. The van der Waals surface area contributed by atoms with E-state index in [9.17, 15) is 0 Å². The van der Waals surface area contributed by atoms with Crippen molar-refractivity contribution in [2.45, 2.75) is 32.2 Å². The molecule has 1 heterocycles. The zero-order valence-electron chi connectivity index (χ0n) is 10.3. The first-order chi connectivity index (χ1) is 8.57. The SMILES string of the molecule is CC12C=C(Br)C=NC1Cc1ccc(Cl)cc1CC2. The average molecular weight is 325 g/mol. The fourth-order valence-corrected chi connectivity index (χ4v) is 3.78. The molecular formula is C15H15BrClN. The summed E-state index contributed by atoms with van der Waals surface area (Å²) in [6.45, 7) is 2.31. The molecule has 2 atom stereocenters. The Bertz CT molecular complexity index is 549. The number of nitrogens with zero attached hydrogens (tertiary/aromatic N) is 1. The Balaban J connectivity index is 2.01. The van der Waals surface area contributed by atoms with E-state index >= 15 is 0 Å². The zero-order valence-corrected chi connectivity index (χ0v) is 12.6. The smallest absolute Gasteiger partial charge is 0.0628 e. The Morgan fingerprint density at radius 1 is 1.39 bits per heavy atom. The Hall–Kier alpha value is -0.600. The summed E-state index contributed by atoms with van der Waals surface area (Å²) in [6, 6.07) is 6.61. The molecule has 0 saturated heterocycles. The lowest BCUT2D eigenvalue weighted by Gasteiger charge is -2.33. The summed E-state index contributed by atoms with van der Waals surface area (Å²) >= 11 is 9.64. The molecule has 0 spiro atoms. The number of hydrogen-bond donors (Lipinski definition) is 0. The largest absolute Gasteiger partial charge is 0.287 e. The number of benzene rings is 1. The third-order valence-corrected chi connectivity index (χ3v) is 4.79. The van der Waals surface area contributed by atoms with E-state index in [1.165, 1.54) is 11.1 Å². The van der Waals surface area contributed by atoms with Crippen molar-refractivity contribution in [2.24, 2.45) is 10.4 Å². The van der Waals surface area contributed by atoms with Crippen LogP contribution in [-0.2, 0) is 12.8 Å². The van der Waals surface area contributed by atoms with Crippen molar-refractivity contribution in [1.29, 1.82) is 0 Å². The number of allylic oxidation sites excluding steroid dienone is 1. The van der Waals surface area contributed by atoms with E-state index < -0.39 is 0 Å². The molecular weight excluding hydrogens is 310 g/mol. The van der Waals surface area contributed by atoms with Crippen LogP contribution in [0.4, 0.5) is 0 Å². The van der Waals surface area contributed by atoms with Gasteiger partial charge < -0.3 is 0 Å². The van der Waals surface area contributed by atoms with Crippen molar-refractivity contribution in [3.8, 4) is 0 Å². The minimum absolute atomic E-state index is 0.152. The van der Waals surface area contributed by atoms with Crippen molar-refractivity contribution in [1.82, 2.24) is 0 Å². The van der Waals surface area contributed by atoms with Crippen molar-refractivity contribution in [2.75, 3.05) is 0 Å². The van der Waals surface area contributed by atoms with Crippen molar-refractivity contribution < 1.29 is 0 Å². The molecule has 0 saturated carbocycles. The Morgan fingerprint density at radius 2 is 2.22 bits per heavy atom. The number of aliphatic imine (C=N–C) groups is 1. The maximum Gasteiger partial charge on any atom is 0.0628 e. The van der Waals surface area contributed by atoms with Crippen LogP contribution in [0.2, 0.25) is 5.02 Å². The first kappa shape index (κ1) is 12.4. The lowest BCUT2D eigenvalue weighted by atomic mass is 9.77. The van der Waals surface area contributed by atoms with Gasteiger partial charge in [-0.05, 0) is 58.5 Å². The first-order valence-electron chi connectivity index (χ1n) is 6.26. The zero-order chi connectivity index (χ0) is 12.8. The topological polar surface area (TPSA) is 12.4 Å². The first-order valence-corrected chi connectivity index (χ1v) is 7.43. The highest BCUT2D eigenvalue weighted by molar-refractivity contribution is 9.12. The van der Waals surface area contributed by atoms with Gasteiger partial charge in [-0.2, -0.15) is 0 Å². The Labute approximate surface area is 121 Å². The minimum Gasteiger partial charge on any atom is -0.287 e. The molecule has 3 heteroatoms. The lowest BCUT2D eigenvalue weighted by molar-refractivity contribution is 0.317. The van der Waals surface area contributed by atoms with Crippen LogP contribution in [0.3, 0.4) is 0 Å². The lowest BCUT2D eigenvalue weighted by Crippen LogP contribution is -2.32. The number of fused-ring (bicyclic) bond motifs is 2. The summed E-state index contributed by atoms with van der Waals surface area (Å²) < 4.78 is 1.10. The highest BCUT2D eigenvalue weighted by Crippen LogP contribution is 2.41. The molecule has 2 unspecified atom stereocenters. The van der Waals surface area contributed by atoms with E-state index in [-0.39, 0.29) is 5.41 Å². The molecule has 18 heavy (non-hydrogen) atoms. The number of aryl methyl sites for hydroxylation is 1. The van der Waals surface area contributed by atoms with Gasteiger partial charge in [-0.15, -0.1) is 0 Å². The highest BCUT2D eigenvalue weighted by atomic mass is 79.9. The van der Waals surface area contributed by atoms with Gasteiger partial charge in [0, 0.05) is 21.1 Å². The summed E-state index contributed by atoms with van der Waals surface area (Å²) in [4.78, 5) is 4.71. The number of dihydropyridines is 1. The van der Waals surface area contributed by atoms with Crippen LogP contribution >= 0.6 is 27.5 Å². The second-order valence-corrected chi connectivity index (χ2v) is 6.80. The van der Waals surface area contributed by atoms with E-state index in [1.807, 2.05) is 12.3 Å². The summed E-state index contributed by atoms with van der Waals surface area (Å²) in [5.74, 6) is 0. The Kier molecular flexibility index (Phi) is 3.11. The maximum absolute atomic E-state index is 6.09. The standard InChI is InChI=1S/C15H15BrClN/c1-15-5-4-11-6-13(17)3-2-10(11)7-14(15)18-9-12(16)8-15/h2-3,6,8-9,14H,4-5,7H2,1H3. The average Bonchev–Trinajstić information content (AvgIpc) is 2.45. The molecule has 3 rings (SSSR count). The van der Waals surface area contributed by atoms with E-state index in [0.29, 0.717) is 6.04 Å². The van der Waals surface area contributed by atoms with Crippen molar-refractivity contribution in [3.05, 3.63) is 44.9 Å². The molecule has 1 aliphatic carbocycles. The quantitative estimate of drug-likeness (QED) is 0.663. The predicted molar refractivity (Wildman–Crippen MR) is 80.9 cm³/mol. The monoisotopic (exact) mass is 323 g/mol. The van der Waals surface area contributed by atoms with Gasteiger partial charge in [0.05, 0.1) is 6.04 Å². The van der Waals surface area contributed by atoms with E-state index in [2.05, 4.69) is 41.1 Å². The molecule has 1 aromatic carbocycles. The summed E-state index contributed by atoms with van der Waals surface area (Å²) in [5.41, 5.74) is 2.94. The van der Waals surface area contributed by atoms with Crippen molar-refractivity contribution >= 4 is 33.7 Å². The molecule has 2 aliphatic rings. The van der Waals surface area contributed by atoms with E-state index in [0.717, 1.165) is 28.8 Å². The van der Waals surface area contributed by atoms with Crippen LogP contribution in [-0.4, -0.2) is 12.3 Å². The highest BCUT2D eigenvalue weighted by Gasteiger charge is 2.36. The summed E-state index contributed by atoms with van der Waals surface area (Å²) in [7, 11) is 0. The second-order valence-electron chi connectivity index (χ2n) is 5.45. The molecule has 0 fully saturated rings. The van der Waals surface area contributed by atoms with E-state index in [4.69, 9.17) is 16.6 Å². The van der Waals surface area contributed by atoms with Gasteiger partial charge in [0.2, 0.25) is 0 Å². The molecule has 0 N–H and O–H groups in total. The van der Waals surface area contributed by atoms with Crippen LogP contribution in [0, 0.1) is 5.41 Å². The normalized spacial score (nSPS) is 30.2. The van der Waals surface area contributed by atoms with Gasteiger partial charge in [-0.3, -0.25) is 4.99 Å². The summed E-state index contributed by atoms with van der Waals surface area (Å²) in [5, 5.41) is 0.837. The van der Waals surface area contributed by atoms with Gasteiger partial charge in [0.1, 0.15) is 0 Å². The predicted octanol–water partition coefficient (Wildman–Crippen LogP) is 4.57. The van der Waals surface area contributed by atoms with Crippen LogP contribution < -0.4 is 0 Å². The fraction of sp³-hybridized carbons (Fsp3) is 0.400. The van der Waals surface area contributed by atoms with Gasteiger partial charge in [-0.1, -0.05) is 30.7 Å². The Morgan fingerprint density at radius 3 is 3.06 bits per heavy atom. The van der Waals surface area contributed by atoms with Crippen molar-refractivity contribution in [3.63, 3.8) is 0 Å². The number of hydrogen-bond acceptors (Lipinski definition) is 1. The molecule has 0 amide bonds. The van der Waals surface area contributed by atoms with Gasteiger partial charge in [0.15, 0.2) is 0 Å². The van der Waals surface area contributed by atoms with Crippen LogP contribution in [0.15, 0.2) is 33.7 Å². The van der Waals surface area contributed by atoms with Gasteiger partial charge in [0.25, 0.3) is 0 Å². The maximum atomic E-state index is 6.09. The van der Waals surface area contributed by atoms with Crippen LogP contribution in [0.1, 0.15) is 24.5 Å². The fourth-order valence-electron chi connectivity index (χ4n) is 2.94. The van der Waals surface area contributed by atoms with Crippen LogP contribution in [0.5, 0.6) is 0 Å². The van der Waals surface area contributed by atoms with Crippen LogP contribution in [0.25, 0.3) is 0 Å². The molecule has 94 valence electrons. The molecule has 1 aromatic rings. The molecule has 1 nitrogen and oxygen atoms in total. The number of halogens is 2. The van der Waals surface area contributed by atoms with E-state index in [1.54, 1.807) is 0 Å². The third-order valence-electron chi connectivity index (χ3n) is 4.12. The molecule has 0 radical (unpaired) electrons.